The summed E-state index contributed by atoms with van der Waals surface area (Å²) in [7, 11) is 0. The van der Waals surface area contributed by atoms with Crippen molar-refractivity contribution < 1.29 is 0 Å². The second kappa shape index (κ2) is 5.10. The highest BCUT2D eigenvalue weighted by atomic mass is 79.9. The maximum absolute atomic E-state index is 5.80. The molecule has 2 nitrogen and oxygen atoms in total. The van der Waals surface area contributed by atoms with Crippen LogP contribution in [0.1, 0.15) is 30.9 Å². The van der Waals surface area contributed by atoms with Gasteiger partial charge in [-0.1, -0.05) is 34.5 Å². The maximum Gasteiger partial charge on any atom is 0.0447 e. The lowest BCUT2D eigenvalue weighted by atomic mass is 9.91. The van der Waals surface area contributed by atoms with Crippen LogP contribution < -0.4 is 11.1 Å². The zero-order chi connectivity index (χ0) is 10.7. The van der Waals surface area contributed by atoms with E-state index in [1.54, 1.807) is 0 Å². The predicted molar refractivity (Wildman–Crippen MR) is 66.7 cm³/mol. The monoisotopic (exact) mass is 268 g/mol. The van der Waals surface area contributed by atoms with Crippen molar-refractivity contribution in [2.24, 2.45) is 5.73 Å². The van der Waals surface area contributed by atoms with Crippen molar-refractivity contribution in [2.75, 3.05) is 6.54 Å². The normalized spacial score (nSPS) is 18.5. The van der Waals surface area contributed by atoms with Gasteiger partial charge in [0.1, 0.15) is 0 Å². The Labute approximate surface area is 99.4 Å². The van der Waals surface area contributed by atoms with Crippen LogP contribution in [0.5, 0.6) is 0 Å². The van der Waals surface area contributed by atoms with Gasteiger partial charge >= 0.3 is 0 Å². The van der Waals surface area contributed by atoms with E-state index in [4.69, 9.17) is 5.73 Å². The first kappa shape index (κ1) is 11.1. The number of halogens is 1. The smallest absolute Gasteiger partial charge is 0.0447 e. The fraction of sp³-hybridized carbons (Fsp3) is 0.500. The molecule has 3 N–H and O–H groups in total. The molecule has 1 aromatic carbocycles. The minimum atomic E-state index is 0.299. The Bertz CT molecular complexity index is 323. The molecule has 82 valence electrons. The number of hydrogen-bond donors (Lipinski definition) is 2. The highest BCUT2D eigenvalue weighted by molar-refractivity contribution is 9.10. The molecular weight excluding hydrogens is 252 g/mol. The van der Waals surface area contributed by atoms with Crippen LogP contribution in [0.4, 0.5) is 0 Å². The van der Waals surface area contributed by atoms with Crippen molar-refractivity contribution in [3.8, 4) is 0 Å². The fourth-order valence-corrected chi connectivity index (χ4v) is 2.30. The Morgan fingerprint density at radius 2 is 2.27 bits per heavy atom. The molecule has 0 aromatic heterocycles. The third kappa shape index (κ3) is 2.80. The van der Waals surface area contributed by atoms with Crippen molar-refractivity contribution >= 4 is 15.9 Å². The Morgan fingerprint density at radius 1 is 1.47 bits per heavy atom. The molecule has 3 heteroatoms. The molecule has 0 saturated heterocycles. The minimum Gasteiger partial charge on any atom is -0.329 e. The van der Waals surface area contributed by atoms with Gasteiger partial charge in [-0.2, -0.15) is 0 Å². The van der Waals surface area contributed by atoms with Crippen LogP contribution in [0.2, 0.25) is 0 Å². The topological polar surface area (TPSA) is 38.0 Å². The van der Waals surface area contributed by atoms with Crippen LogP contribution in [0.3, 0.4) is 0 Å². The molecule has 1 aliphatic rings. The lowest BCUT2D eigenvalue weighted by Gasteiger charge is -2.31. The molecule has 1 fully saturated rings. The van der Waals surface area contributed by atoms with E-state index in [9.17, 15) is 0 Å². The Balaban J connectivity index is 2.04. The van der Waals surface area contributed by atoms with Gasteiger partial charge in [0.05, 0.1) is 0 Å². The Hall–Kier alpha value is -0.380. The Morgan fingerprint density at radius 3 is 2.80 bits per heavy atom. The molecule has 0 spiro atoms. The number of rotatable bonds is 4. The zero-order valence-corrected chi connectivity index (χ0v) is 10.3. The second-order valence-corrected chi connectivity index (χ2v) is 5.05. The van der Waals surface area contributed by atoms with Gasteiger partial charge in [0, 0.05) is 23.1 Å². The predicted octanol–water partition coefficient (Wildman–Crippen LogP) is 2.59. The zero-order valence-electron chi connectivity index (χ0n) is 8.75. The third-order valence-electron chi connectivity index (χ3n) is 3.03. The summed E-state index contributed by atoms with van der Waals surface area (Å²) in [5.74, 6) is 0. The SMILES string of the molecule is NCC(NC1CCC1)c1cccc(Br)c1. The van der Waals surface area contributed by atoms with Gasteiger partial charge in [0.25, 0.3) is 0 Å². The number of nitrogens with one attached hydrogen (secondary N) is 1. The molecule has 0 aliphatic heterocycles. The van der Waals surface area contributed by atoms with E-state index in [0.29, 0.717) is 18.6 Å². The summed E-state index contributed by atoms with van der Waals surface area (Å²) in [5.41, 5.74) is 7.08. The molecular formula is C12H17BrN2. The minimum absolute atomic E-state index is 0.299. The Kier molecular flexibility index (Phi) is 3.78. The maximum atomic E-state index is 5.80. The first-order valence-corrected chi connectivity index (χ1v) is 6.30. The van der Waals surface area contributed by atoms with Gasteiger partial charge in [-0.25, -0.2) is 0 Å². The lowest BCUT2D eigenvalue weighted by molar-refractivity contribution is 0.307. The van der Waals surface area contributed by atoms with Crippen LogP contribution in [0.15, 0.2) is 28.7 Å². The van der Waals surface area contributed by atoms with Gasteiger partial charge in [-0.05, 0) is 30.5 Å². The first-order chi connectivity index (χ1) is 7.29. The molecule has 1 unspecified atom stereocenters. The molecule has 2 rings (SSSR count). The molecule has 0 heterocycles. The van der Waals surface area contributed by atoms with E-state index in [2.05, 4.69) is 39.4 Å². The summed E-state index contributed by atoms with van der Waals surface area (Å²) >= 11 is 3.49. The van der Waals surface area contributed by atoms with Gasteiger partial charge < -0.3 is 11.1 Å². The summed E-state index contributed by atoms with van der Waals surface area (Å²) < 4.78 is 1.12. The van der Waals surface area contributed by atoms with Crippen molar-refractivity contribution in [3.63, 3.8) is 0 Å². The van der Waals surface area contributed by atoms with Crippen LogP contribution in [-0.2, 0) is 0 Å². The van der Waals surface area contributed by atoms with E-state index in [1.165, 1.54) is 24.8 Å². The standard InChI is InChI=1S/C12H17BrN2/c13-10-4-1-3-9(7-10)12(8-14)15-11-5-2-6-11/h1,3-4,7,11-12,15H,2,5-6,8,14H2. The lowest BCUT2D eigenvalue weighted by Crippen LogP contribution is -2.40. The van der Waals surface area contributed by atoms with Gasteiger partial charge in [0.2, 0.25) is 0 Å². The van der Waals surface area contributed by atoms with Crippen LogP contribution >= 0.6 is 15.9 Å². The fourth-order valence-electron chi connectivity index (χ4n) is 1.88. The quantitative estimate of drug-likeness (QED) is 0.881. The molecule has 15 heavy (non-hydrogen) atoms. The van der Waals surface area contributed by atoms with Crippen LogP contribution in [-0.4, -0.2) is 12.6 Å². The molecule has 0 amide bonds. The van der Waals surface area contributed by atoms with E-state index in [-0.39, 0.29) is 0 Å². The number of benzene rings is 1. The van der Waals surface area contributed by atoms with Gasteiger partial charge in [-0.3, -0.25) is 0 Å². The molecule has 0 bridgehead atoms. The summed E-state index contributed by atoms with van der Waals surface area (Å²) in [6, 6.07) is 9.35. The number of hydrogen-bond acceptors (Lipinski definition) is 2. The summed E-state index contributed by atoms with van der Waals surface area (Å²) in [6.45, 7) is 0.660. The van der Waals surface area contributed by atoms with E-state index in [1.807, 2.05) is 6.07 Å². The van der Waals surface area contributed by atoms with Gasteiger partial charge in [0.15, 0.2) is 0 Å². The van der Waals surface area contributed by atoms with Crippen molar-refractivity contribution in [1.82, 2.24) is 5.32 Å². The average molecular weight is 269 g/mol. The van der Waals surface area contributed by atoms with Gasteiger partial charge in [-0.15, -0.1) is 0 Å². The largest absolute Gasteiger partial charge is 0.329 e. The van der Waals surface area contributed by atoms with Crippen molar-refractivity contribution in [1.29, 1.82) is 0 Å². The van der Waals surface area contributed by atoms with E-state index >= 15 is 0 Å². The molecule has 1 atom stereocenters. The van der Waals surface area contributed by atoms with Crippen molar-refractivity contribution in [2.45, 2.75) is 31.3 Å². The summed E-state index contributed by atoms with van der Waals surface area (Å²) in [5, 5.41) is 3.60. The van der Waals surface area contributed by atoms with E-state index < -0.39 is 0 Å². The first-order valence-electron chi connectivity index (χ1n) is 5.51. The third-order valence-corrected chi connectivity index (χ3v) is 3.52. The summed E-state index contributed by atoms with van der Waals surface area (Å²) in [6.07, 6.45) is 3.95. The van der Waals surface area contributed by atoms with Crippen LogP contribution in [0.25, 0.3) is 0 Å². The molecule has 1 saturated carbocycles. The second-order valence-electron chi connectivity index (χ2n) is 4.14. The van der Waals surface area contributed by atoms with E-state index in [0.717, 1.165) is 4.47 Å². The molecule has 1 aromatic rings. The molecule has 1 aliphatic carbocycles. The average Bonchev–Trinajstić information content (AvgIpc) is 2.16. The highest BCUT2D eigenvalue weighted by Crippen LogP contribution is 2.23. The highest BCUT2D eigenvalue weighted by Gasteiger charge is 2.21. The van der Waals surface area contributed by atoms with Crippen LogP contribution in [0, 0.1) is 0 Å². The van der Waals surface area contributed by atoms with Crippen molar-refractivity contribution in [3.05, 3.63) is 34.3 Å². The summed E-state index contributed by atoms with van der Waals surface area (Å²) in [4.78, 5) is 0. The molecule has 0 radical (unpaired) electrons. The number of nitrogens with two attached hydrogens (primary N) is 1.